The topological polar surface area (TPSA) is 66.5 Å². The number of sulfonamides is 1. The molecule has 24 heavy (non-hydrogen) atoms. The summed E-state index contributed by atoms with van der Waals surface area (Å²) < 4.78 is 53.7. The summed E-state index contributed by atoms with van der Waals surface area (Å²) in [5.41, 5.74) is 0.716. The van der Waals surface area contributed by atoms with Gasteiger partial charge in [-0.2, -0.15) is 0 Å². The average molecular weight is 352 g/mol. The second-order valence-electron chi connectivity index (χ2n) is 5.38. The van der Waals surface area contributed by atoms with Crippen molar-refractivity contribution in [1.29, 1.82) is 0 Å². The number of anilines is 2. The molecular formula is C16H14F2N2O3S. The molecular weight excluding hydrogens is 338 g/mol. The van der Waals surface area contributed by atoms with Gasteiger partial charge >= 0.3 is 0 Å². The van der Waals surface area contributed by atoms with Gasteiger partial charge in [-0.05, 0) is 42.8 Å². The number of rotatable bonds is 4. The van der Waals surface area contributed by atoms with Crippen LogP contribution in [0, 0.1) is 11.6 Å². The lowest BCUT2D eigenvalue weighted by molar-refractivity contribution is -0.117. The Kier molecular flexibility index (Phi) is 4.23. The van der Waals surface area contributed by atoms with Crippen LogP contribution in [0.5, 0.6) is 0 Å². The van der Waals surface area contributed by atoms with E-state index in [1.165, 1.54) is 12.1 Å². The van der Waals surface area contributed by atoms with Crippen molar-refractivity contribution in [2.24, 2.45) is 0 Å². The monoisotopic (exact) mass is 352 g/mol. The second kappa shape index (κ2) is 6.20. The maximum absolute atomic E-state index is 13.7. The van der Waals surface area contributed by atoms with Gasteiger partial charge in [-0.1, -0.05) is 6.07 Å². The van der Waals surface area contributed by atoms with Crippen LogP contribution >= 0.6 is 0 Å². The number of hydrogen-bond acceptors (Lipinski definition) is 3. The van der Waals surface area contributed by atoms with Crippen molar-refractivity contribution in [3.05, 3.63) is 54.1 Å². The largest absolute Gasteiger partial charge is 0.312 e. The molecule has 1 aliphatic rings. The quantitative estimate of drug-likeness (QED) is 0.920. The summed E-state index contributed by atoms with van der Waals surface area (Å²) >= 11 is 0. The van der Waals surface area contributed by atoms with E-state index in [0.717, 1.165) is 18.6 Å². The molecule has 1 heterocycles. The smallest absolute Gasteiger partial charge is 0.264 e. The minimum atomic E-state index is -4.29. The number of halogens is 2. The zero-order valence-corrected chi connectivity index (χ0v) is 13.3. The molecule has 0 spiro atoms. The molecule has 126 valence electrons. The number of benzene rings is 2. The molecule has 2 aromatic carbocycles. The summed E-state index contributed by atoms with van der Waals surface area (Å²) in [4.78, 5) is 12.6. The Labute approximate surface area is 138 Å². The number of hydrogen-bond donors (Lipinski definition) is 1. The maximum Gasteiger partial charge on any atom is 0.264 e. The summed E-state index contributed by atoms with van der Waals surface area (Å²) in [6.07, 6.45) is 1.19. The summed E-state index contributed by atoms with van der Waals surface area (Å²) in [6, 6.07) is 8.43. The van der Waals surface area contributed by atoms with Gasteiger partial charge in [-0.3, -0.25) is 9.52 Å². The molecule has 0 unspecified atom stereocenters. The van der Waals surface area contributed by atoms with Crippen LogP contribution in [0.25, 0.3) is 0 Å². The number of amides is 1. The Morgan fingerprint density at radius 3 is 2.58 bits per heavy atom. The SMILES string of the molecule is O=C1CCCN1c1cccc(NS(=O)(=O)c2cc(F)ccc2F)c1. The molecule has 1 amide bonds. The summed E-state index contributed by atoms with van der Waals surface area (Å²) in [7, 11) is -4.29. The molecule has 1 saturated heterocycles. The minimum absolute atomic E-state index is 0.0359. The Hall–Kier alpha value is -2.48. The van der Waals surface area contributed by atoms with Gasteiger partial charge in [0.1, 0.15) is 16.5 Å². The molecule has 8 heteroatoms. The normalized spacial score (nSPS) is 14.9. The first-order chi connectivity index (χ1) is 11.4. The van der Waals surface area contributed by atoms with Gasteiger partial charge in [0.2, 0.25) is 5.91 Å². The van der Waals surface area contributed by atoms with Crippen LogP contribution < -0.4 is 9.62 Å². The molecule has 3 rings (SSSR count). The highest BCUT2D eigenvalue weighted by Crippen LogP contribution is 2.26. The van der Waals surface area contributed by atoms with Crippen molar-refractivity contribution in [2.45, 2.75) is 17.7 Å². The first-order valence-electron chi connectivity index (χ1n) is 7.25. The summed E-state index contributed by atoms with van der Waals surface area (Å²) in [5.74, 6) is -1.94. The second-order valence-corrected chi connectivity index (χ2v) is 7.03. The van der Waals surface area contributed by atoms with Crippen LogP contribution in [-0.2, 0) is 14.8 Å². The molecule has 1 N–H and O–H groups in total. The van der Waals surface area contributed by atoms with Gasteiger partial charge < -0.3 is 4.90 Å². The number of carbonyl (C=O) groups is 1. The van der Waals surface area contributed by atoms with Crippen LogP contribution in [0.1, 0.15) is 12.8 Å². The van der Waals surface area contributed by atoms with Crippen molar-refractivity contribution in [1.82, 2.24) is 0 Å². The molecule has 1 fully saturated rings. The van der Waals surface area contributed by atoms with E-state index < -0.39 is 26.6 Å². The van der Waals surface area contributed by atoms with E-state index in [9.17, 15) is 22.0 Å². The first-order valence-corrected chi connectivity index (χ1v) is 8.73. The zero-order chi connectivity index (χ0) is 17.3. The van der Waals surface area contributed by atoms with Crippen LogP contribution in [0.15, 0.2) is 47.4 Å². The molecule has 1 aliphatic heterocycles. The van der Waals surface area contributed by atoms with E-state index in [1.807, 2.05) is 0 Å². The van der Waals surface area contributed by atoms with Gasteiger partial charge in [-0.15, -0.1) is 0 Å². The van der Waals surface area contributed by atoms with Gasteiger partial charge in [-0.25, -0.2) is 17.2 Å². The van der Waals surface area contributed by atoms with Crippen LogP contribution in [0.2, 0.25) is 0 Å². The van der Waals surface area contributed by atoms with E-state index in [4.69, 9.17) is 0 Å². The Bertz CT molecular complexity index is 900. The molecule has 0 aromatic heterocycles. The van der Waals surface area contributed by atoms with Crippen LogP contribution in [0.3, 0.4) is 0 Å². The highest BCUT2D eigenvalue weighted by Gasteiger charge is 2.23. The first kappa shape index (κ1) is 16.4. The third-order valence-corrected chi connectivity index (χ3v) is 5.06. The van der Waals surface area contributed by atoms with E-state index in [1.54, 1.807) is 17.0 Å². The van der Waals surface area contributed by atoms with Crippen LogP contribution in [0.4, 0.5) is 20.2 Å². The van der Waals surface area contributed by atoms with E-state index in [2.05, 4.69) is 4.72 Å². The molecule has 0 atom stereocenters. The van der Waals surface area contributed by atoms with Crippen molar-refractivity contribution >= 4 is 27.3 Å². The van der Waals surface area contributed by atoms with Gasteiger partial charge in [0, 0.05) is 18.7 Å². The van der Waals surface area contributed by atoms with Crippen molar-refractivity contribution in [3.8, 4) is 0 Å². The lowest BCUT2D eigenvalue weighted by Crippen LogP contribution is -2.23. The Morgan fingerprint density at radius 2 is 1.88 bits per heavy atom. The fourth-order valence-electron chi connectivity index (χ4n) is 2.55. The summed E-state index contributed by atoms with van der Waals surface area (Å²) in [5, 5.41) is 0. The van der Waals surface area contributed by atoms with Gasteiger partial charge in [0.15, 0.2) is 0 Å². The van der Waals surface area contributed by atoms with Crippen molar-refractivity contribution < 1.29 is 22.0 Å². The standard InChI is InChI=1S/C16H14F2N2O3S/c17-11-6-7-14(18)15(9-11)24(22,23)19-12-3-1-4-13(10-12)20-8-2-5-16(20)21/h1,3-4,6-7,9-10,19H,2,5,8H2. The number of nitrogens with one attached hydrogen (secondary N) is 1. The summed E-state index contributed by atoms with van der Waals surface area (Å²) in [6.45, 7) is 0.563. The molecule has 0 aliphatic carbocycles. The lowest BCUT2D eigenvalue weighted by Gasteiger charge is -2.17. The van der Waals surface area contributed by atoms with E-state index >= 15 is 0 Å². The fraction of sp³-hybridized carbons (Fsp3) is 0.188. The van der Waals surface area contributed by atoms with Gasteiger partial charge in [0.05, 0.1) is 5.69 Å². The maximum atomic E-state index is 13.7. The highest BCUT2D eigenvalue weighted by molar-refractivity contribution is 7.92. The molecule has 0 bridgehead atoms. The number of carbonyl (C=O) groups excluding carboxylic acids is 1. The third kappa shape index (κ3) is 3.23. The third-order valence-electron chi connectivity index (χ3n) is 3.67. The lowest BCUT2D eigenvalue weighted by atomic mass is 10.2. The molecule has 5 nitrogen and oxygen atoms in total. The molecule has 0 radical (unpaired) electrons. The predicted octanol–water partition coefficient (Wildman–Crippen LogP) is 2.89. The number of nitrogens with zero attached hydrogens (tertiary/aromatic N) is 1. The van der Waals surface area contributed by atoms with E-state index in [-0.39, 0.29) is 11.6 Å². The van der Waals surface area contributed by atoms with E-state index in [0.29, 0.717) is 24.7 Å². The van der Waals surface area contributed by atoms with Crippen molar-refractivity contribution in [2.75, 3.05) is 16.2 Å². The minimum Gasteiger partial charge on any atom is -0.312 e. The van der Waals surface area contributed by atoms with Gasteiger partial charge in [0.25, 0.3) is 10.0 Å². The molecule has 0 saturated carbocycles. The van der Waals surface area contributed by atoms with Crippen molar-refractivity contribution in [3.63, 3.8) is 0 Å². The van der Waals surface area contributed by atoms with Crippen LogP contribution in [-0.4, -0.2) is 20.9 Å². The Balaban J connectivity index is 1.90. The highest BCUT2D eigenvalue weighted by atomic mass is 32.2. The Morgan fingerprint density at radius 1 is 1.08 bits per heavy atom. The predicted molar refractivity (Wildman–Crippen MR) is 85.2 cm³/mol. The zero-order valence-electron chi connectivity index (χ0n) is 12.5. The average Bonchev–Trinajstić information content (AvgIpc) is 2.95. The molecule has 2 aromatic rings. The fourth-order valence-corrected chi connectivity index (χ4v) is 3.69.